The summed E-state index contributed by atoms with van der Waals surface area (Å²) in [5.74, 6) is -1.000. The SMILES string of the molecule is CC\C=C/C=C\C=C/C=C\C=C/CCCC(=O)OC(COC(=O)CCCCCCC/C=C\C/C=C\CC)COC(=O)CCCCCCCCCCCCCCCCCCCC. The molecule has 0 bridgehead atoms. The Kier molecular flexibility index (Phi) is 46.5. The van der Waals surface area contributed by atoms with Gasteiger partial charge in [-0.2, -0.15) is 0 Å². The van der Waals surface area contributed by atoms with Crippen molar-refractivity contribution in [1.29, 1.82) is 0 Å². The molecule has 0 fully saturated rings. The average Bonchev–Trinajstić information content (AvgIpc) is 3.26. The Balaban J connectivity index is 4.43. The largest absolute Gasteiger partial charge is 0.462 e. The molecule has 61 heavy (non-hydrogen) atoms. The van der Waals surface area contributed by atoms with Crippen LogP contribution in [-0.4, -0.2) is 37.2 Å². The van der Waals surface area contributed by atoms with Gasteiger partial charge in [0.15, 0.2) is 6.10 Å². The molecule has 6 heteroatoms. The Morgan fingerprint density at radius 2 is 0.738 bits per heavy atom. The molecule has 348 valence electrons. The summed E-state index contributed by atoms with van der Waals surface area (Å²) in [6.45, 7) is 6.31. The molecule has 0 amide bonds. The molecule has 0 radical (unpaired) electrons. The third-order valence-electron chi connectivity index (χ3n) is 10.5. The zero-order chi connectivity index (χ0) is 44.4. The van der Waals surface area contributed by atoms with Crippen molar-refractivity contribution in [3.8, 4) is 0 Å². The van der Waals surface area contributed by atoms with Gasteiger partial charge in [-0.05, 0) is 57.8 Å². The lowest BCUT2D eigenvalue weighted by molar-refractivity contribution is -0.167. The molecule has 0 heterocycles. The second kappa shape index (κ2) is 49.2. The zero-order valence-electron chi connectivity index (χ0n) is 39.7. The van der Waals surface area contributed by atoms with E-state index in [9.17, 15) is 14.4 Å². The van der Waals surface area contributed by atoms with Crippen LogP contribution in [0.3, 0.4) is 0 Å². The molecule has 6 nitrogen and oxygen atoms in total. The molecule has 0 aliphatic heterocycles. The van der Waals surface area contributed by atoms with Gasteiger partial charge in [0.2, 0.25) is 0 Å². The van der Waals surface area contributed by atoms with Crippen LogP contribution in [0.4, 0.5) is 0 Å². The highest BCUT2D eigenvalue weighted by molar-refractivity contribution is 5.71. The number of carbonyl (C=O) groups is 3. The molecular formula is C55H92O6. The maximum absolute atomic E-state index is 12.7. The summed E-state index contributed by atoms with van der Waals surface area (Å²) in [6.07, 6.45) is 63.0. The van der Waals surface area contributed by atoms with Crippen LogP contribution < -0.4 is 0 Å². The molecular weight excluding hydrogens is 757 g/mol. The Morgan fingerprint density at radius 3 is 1.21 bits per heavy atom. The summed E-state index contributed by atoms with van der Waals surface area (Å²) in [6, 6.07) is 0. The molecule has 0 saturated heterocycles. The van der Waals surface area contributed by atoms with Gasteiger partial charge in [-0.3, -0.25) is 14.4 Å². The molecule has 1 atom stereocenters. The van der Waals surface area contributed by atoms with Crippen LogP contribution >= 0.6 is 0 Å². The Bertz CT molecular complexity index is 1200. The highest BCUT2D eigenvalue weighted by atomic mass is 16.6. The molecule has 0 aromatic rings. The van der Waals surface area contributed by atoms with Crippen molar-refractivity contribution in [3.05, 3.63) is 85.1 Å². The number of unbranched alkanes of at least 4 members (excludes halogenated alkanes) is 23. The van der Waals surface area contributed by atoms with Gasteiger partial charge in [-0.15, -0.1) is 0 Å². The van der Waals surface area contributed by atoms with Crippen molar-refractivity contribution in [2.24, 2.45) is 0 Å². The first-order valence-corrected chi connectivity index (χ1v) is 25.2. The zero-order valence-corrected chi connectivity index (χ0v) is 39.7. The van der Waals surface area contributed by atoms with Gasteiger partial charge >= 0.3 is 17.9 Å². The maximum atomic E-state index is 12.7. The monoisotopic (exact) mass is 849 g/mol. The predicted octanol–water partition coefficient (Wildman–Crippen LogP) is 16.4. The van der Waals surface area contributed by atoms with E-state index in [0.29, 0.717) is 19.3 Å². The van der Waals surface area contributed by atoms with E-state index < -0.39 is 6.10 Å². The molecule has 0 rings (SSSR count). The third kappa shape index (κ3) is 47.5. The van der Waals surface area contributed by atoms with Crippen LogP contribution in [0.1, 0.15) is 226 Å². The second-order valence-electron chi connectivity index (χ2n) is 16.4. The third-order valence-corrected chi connectivity index (χ3v) is 10.5. The predicted molar refractivity (Wildman–Crippen MR) is 261 cm³/mol. The van der Waals surface area contributed by atoms with Crippen molar-refractivity contribution < 1.29 is 28.6 Å². The number of hydrogen-bond acceptors (Lipinski definition) is 6. The topological polar surface area (TPSA) is 78.9 Å². The fourth-order valence-corrected chi connectivity index (χ4v) is 6.80. The number of esters is 3. The van der Waals surface area contributed by atoms with E-state index >= 15 is 0 Å². The van der Waals surface area contributed by atoms with Crippen LogP contribution in [0.2, 0.25) is 0 Å². The van der Waals surface area contributed by atoms with Crippen LogP contribution in [0.5, 0.6) is 0 Å². The number of hydrogen-bond donors (Lipinski definition) is 0. The van der Waals surface area contributed by atoms with Crippen molar-refractivity contribution in [2.45, 2.75) is 232 Å². The van der Waals surface area contributed by atoms with E-state index in [1.165, 1.54) is 96.3 Å². The van der Waals surface area contributed by atoms with E-state index in [2.05, 4.69) is 51.2 Å². The number of allylic oxidation sites excluding steroid dienone is 14. The molecule has 0 saturated carbocycles. The molecule has 0 aromatic heterocycles. The van der Waals surface area contributed by atoms with E-state index in [4.69, 9.17) is 14.2 Å². The van der Waals surface area contributed by atoms with E-state index in [1.54, 1.807) is 0 Å². The first-order valence-electron chi connectivity index (χ1n) is 25.2. The quantitative estimate of drug-likeness (QED) is 0.0200. The fraction of sp³-hybridized carbons (Fsp3) is 0.691. The first kappa shape index (κ1) is 57.6. The van der Waals surface area contributed by atoms with Crippen molar-refractivity contribution in [2.75, 3.05) is 13.2 Å². The van der Waals surface area contributed by atoms with Crippen LogP contribution in [0.15, 0.2) is 85.1 Å². The molecule has 0 spiro atoms. The smallest absolute Gasteiger partial charge is 0.306 e. The second-order valence-corrected chi connectivity index (χ2v) is 16.4. The van der Waals surface area contributed by atoms with E-state index in [-0.39, 0.29) is 37.5 Å². The summed E-state index contributed by atoms with van der Waals surface area (Å²) >= 11 is 0. The van der Waals surface area contributed by atoms with Gasteiger partial charge in [0.25, 0.3) is 0 Å². The first-order chi connectivity index (χ1) is 30.0. The maximum Gasteiger partial charge on any atom is 0.306 e. The summed E-state index contributed by atoms with van der Waals surface area (Å²) < 4.78 is 16.7. The lowest BCUT2D eigenvalue weighted by atomic mass is 10.0. The Morgan fingerprint density at radius 1 is 0.361 bits per heavy atom. The van der Waals surface area contributed by atoms with Gasteiger partial charge in [0.1, 0.15) is 13.2 Å². The summed E-state index contributed by atoms with van der Waals surface area (Å²) in [5.41, 5.74) is 0. The Labute approximate surface area is 375 Å². The van der Waals surface area contributed by atoms with Gasteiger partial charge < -0.3 is 14.2 Å². The van der Waals surface area contributed by atoms with Crippen LogP contribution in [0.25, 0.3) is 0 Å². The summed E-state index contributed by atoms with van der Waals surface area (Å²) in [7, 11) is 0. The van der Waals surface area contributed by atoms with Gasteiger partial charge in [-0.25, -0.2) is 0 Å². The van der Waals surface area contributed by atoms with Crippen LogP contribution in [0, 0.1) is 0 Å². The highest BCUT2D eigenvalue weighted by Gasteiger charge is 2.19. The summed E-state index contributed by atoms with van der Waals surface area (Å²) in [5, 5.41) is 0. The minimum absolute atomic E-state index is 0.109. The fourth-order valence-electron chi connectivity index (χ4n) is 6.80. The van der Waals surface area contributed by atoms with Gasteiger partial charge in [-0.1, -0.05) is 234 Å². The van der Waals surface area contributed by atoms with Crippen LogP contribution in [-0.2, 0) is 28.6 Å². The molecule has 1 unspecified atom stereocenters. The van der Waals surface area contributed by atoms with Crippen molar-refractivity contribution in [3.63, 3.8) is 0 Å². The molecule has 0 aliphatic rings. The van der Waals surface area contributed by atoms with Gasteiger partial charge in [0.05, 0.1) is 0 Å². The number of rotatable bonds is 44. The minimum atomic E-state index is -0.817. The van der Waals surface area contributed by atoms with Gasteiger partial charge in [0, 0.05) is 19.3 Å². The summed E-state index contributed by atoms with van der Waals surface area (Å²) in [4.78, 5) is 37.9. The lowest BCUT2D eigenvalue weighted by Gasteiger charge is -2.18. The standard InChI is InChI=1S/C55H92O6/c1-4-7-10-13-16-19-22-25-26-27-28-29-31-33-36-39-42-45-48-54(57)60-51-52(50-59-53(56)47-44-41-38-35-32-24-21-18-15-12-9-6-3)61-55(58)49-46-43-40-37-34-30-23-20-17-14-11-8-5-2/h8-9,11-12,14,17-18,20-21,23,30,34,37,40,52H,4-7,10,13,15-16,19,22,24-29,31-33,35-36,38-39,41-51H2,1-3H3/b11-8-,12-9-,17-14-,21-18-,23-20-,34-30-,40-37-. The van der Waals surface area contributed by atoms with E-state index in [0.717, 1.165) is 83.5 Å². The highest BCUT2D eigenvalue weighted by Crippen LogP contribution is 2.15. The number of carbonyl (C=O) groups excluding carboxylic acids is 3. The minimum Gasteiger partial charge on any atom is -0.462 e. The molecule has 0 aromatic carbocycles. The lowest BCUT2D eigenvalue weighted by Crippen LogP contribution is -2.30. The molecule has 0 N–H and O–H groups in total. The van der Waals surface area contributed by atoms with Crippen molar-refractivity contribution >= 4 is 17.9 Å². The van der Waals surface area contributed by atoms with E-state index in [1.807, 2.05) is 54.7 Å². The Hall–Kier alpha value is -3.41. The normalized spacial score (nSPS) is 12.8. The number of ether oxygens (including phenoxy) is 3. The average molecular weight is 849 g/mol. The van der Waals surface area contributed by atoms with Crippen molar-refractivity contribution in [1.82, 2.24) is 0 Å². The molecule has 0 aliphatic carbocycles.